The molecule has 0 bridgehead atoms. The van der Waals surface area contributed by atoms with E-state index in [1.54, 1.807) is 0 Å². The number of benzene rings is 1. The first kappa shape index (κ1) is 14.4. The van der Waals surface area contributed by atoms with Gasteiger partial charge in [0.1, 0.15) is 0 Å². The molecule has 0 spiro atoms. The second kappa shape index (κ2) is 5.68. The molecule has 0 heterocycles. The van der Waals surface area contributed by atoms with Gasteiger partial charge in [-0.25, -0.2) is 4.79 Å². The van der Waals surface area contributed by atoms with Crippen molar-refractivity contribution < 1.29 is 4.79 Å². The van der Waals surface area contributed by atoms with Gasteiger partial charge >= 0.3 is 6.03 Å². The van der Waals surface area contributed by atoms with Crippen LogP contribution in [0.2, 0.25) is 0 Å². The van der Waals surface area contributed by atoms with E-state index in [0.717, 1.165) is 18.2 Å². The summed E-state index contributed by atoms with van der Waals surface area (Å²) >= 11 is 0. The molecule has 1 atom stereocenters. The third-order valence-corrected chi connectivity index (χ3v) is 5.04. The largest absolute Gasteiger partial charge is 0.337 e. The van der Waals surface area contributed by atoms with E-state index >= 15 is 0 Å². The molecule has 2 aliphatic carbocycles. The molecular weight excluding hydrogens is 262 g/mol. The molecule has 2 fully saturated rings. The van der Waals surface area contributed by atoms with Gasteiger partial charge < -0.3 is 16.0 Å². The Labute approximate surface area is 126 Å². The van der Waals surface area contributed by atoms with Gasteiger partial charge in [-0.15, -0.1) is 0 Å². The topological polar surface area (TPSA) is 53.2 Å². The molecule has 21 heavy (non-hydrogen) atoms. The predicted octanol–water partition coefficient (Wildman–Crippen LogP) is 3.28. The first-order valence-electron chi connectivity index (χ1n) is 7.95. The molecule has 2 saturated carbocycles. The van der Waals surface area contributed by atoms with Crippen molar-refractivity contribution in [1.29, 1.82) is 0 Å². The molecule has 0 aromatic heterocycles. The van der Waals surface area contributed by atoms with E-state index in [0.29, 0.717) is 11.5 Å². The van der Waals surface area contributed by atoms with Crippen LogP contribution in [0.5, 0.6) is 0 Å². The summed E-state index contributed by atoms with van der Waals surface area (Å²) in [5.41, 5.74) is 2.51. The fourth-order valence-corrected chi connectivity index (χ4v) is 3.04. The first-order chi connectivity index (χ1) is 10.1. The fourth-order valence-electron chi connectivity index (χ4n) is 3.04. The maximum absolute atomic E-state index is 12.0. The maximum atomic E-state index is 12.0. The lowest BCUT2D eigenvalue weighted by Crippen LogP contribution is -2.34. The van der Waals surface area contributed by atoms with E-state index in [4.69, 9.17) is 0 Å². The number of urea groups is 1. The summed E-state index contributed by atoms with van der Waals surface area (Å²) in [5.74, 6) is 0.875. The highest BCUT2D eigenvalue weighted by molar-refractivity contribution is 5.89. The van der Waals surface area contributed by atoms with Crippen LogP contribution in [0.15, 0.2) is 24.3 Å². The molecule has 4 heteroatoms. The first-order valence-corrected chi connectivity index (χ1v) is 7.95. The van der Waals surface area contributed by atoms with Crippen molar-refractivity contribution in [1.82, 2.24) is 10.6 Å². The van der Waals surface area contributed by atoms with Gasteiger partial charge in [0.25, 0.3) is 0 Å². The molecule has 2 aliphatic rings. The van der Waals surface area contributed by atoms with Gasteiger partial charge in [0, 0.05) is 18.3 Å². The smallest absolute Gasteiger partial charge is 0.319 e. The van der Waals surface area contributed by atoms with Crippen molar-refractivity contribution in [2.75, 3.05) is 18.9 Å². The third-order valence-electron chi connectivity index (χ3n) is 5.04. The second-order valence-corrected chi connectivity index (χ2v) is 6.58. The summed E-state index contributed by atoms with van der Waals surface area (Å²) in [7, 11) is 1.94. The molecule has 114 valence electrons. The van der Waals surface area contributed by atoms with Crippen molar-refractivity contribution in [2.24, 2.45) is 11.3 Å². The molecule has 1 unspecified atom stereocenters. The lowest BCUT2D eigenvalue weighted by molar-refractivity contribution is 0.248. The Hall–Kier alpha value is -1.55. The Morgan fingerprint density at radius 2 is 1.95 bits per heavy atom. The van der Waals surface area contributed by atoms with Crippen LogP contribution >= 0.6 is 0 Å². The average molecular weight is 287 g/mol. The summed E-state index contributed by atoms with van der Waals surface area (Å²) in [6.07, 6.45) is 5.28. The molecule has 1 aromatic rings. The van der Waals surface area contributed by atoms with Gasteiger partial charge in [-0.05, 0) is 68.7 Å². The van der Waals surface area contributed by atoms with Gasteiger partial charge in [-0.1, -0.05) is 12.1 Å². The van der Waals surface area contributed by atoms with Crippen LogP contribution in [0.4, 0.5) is 10.5 Å². The SMILES string of the molecule is CNC(C)c1ccc(NC(=O)NCC2(C3CC3)CC2)cc1. The Bertz CT molecular complexity index is 503. The Balaban J connectivity index is 1.48. The molecule has 3 rings (SSSR count). The van der Waals surface area contributed by atoms with E-state index in [2.05, 4.69) is 22.9 Å². The monoisotopic (exact) mass is 287 g/mol. The molecule has 0 aliphatic heterocycles. The number of rotatable bonds is 6. The number of carbonyl (C=O) groups is 1. The molecule has 3 N–H and O–H groups in total. The molecular formula is C17H25N3O. The number of carbonyl (C=O) groups excluding carboxylic acids is 1. The predicted molar refractivity (Wildman–Crippen MR) is 85.3 cm³/mol. The van der Waals surface area contributed by atoms with Gasteiger partial charge in [-0.2, -0.15) is 0 Å². The minimum absolute atomic E-state index is 0.0867. The summed E-state index contributed by atoms with van der Waals surface area (Å²) in [6, 6.07) is 8.23. The van der Waals surface area contributed by atoms with Crippen LogP contribution in [0.1, 0.15) is 44.2 Å². The number of nitrogens with one attached hydrogen (secondary N) is 3. The van der Waals surface area contributed by atoms with Crippen LogP contribution in [0, 0.1) is 11.3 Å². The van der Waals surface area contributed by atoms with Crippen molar-refractivity contribution in [3.05, 3.63) is 29.8 Å². The third kappa shape index (κ3) is 3.38. The van der Waals surface area contributed by atoms with E-state index in [9.17, 15) is 4.79 Å². The van der Waals surface area contributed by atoms with Crippen LogP contribution in [-0.2, 0) is 0 Å². The summed E-state index contributed by atoms with van der Waals surface area (Å²) in [6.45, 7) is 2.94. The van der Waals surface area contributed by atoms with E-state index < -0.39 is 0 Å². The molecule has 1 aromatic carbocycles. The number of amides is 2. The van der Waals surface area contributed by atoms with Crippen LogP contribution in [0.25, 0.3) is 0 Å². The molecule has 4 nitrogen and oxygen atoms in total. The van der Waals surface area contributed by atoms with Crippen molar-refractivity contribution in [2.45, 2.75) is 38.6 Å². The normalized spacial score (nSPS) is 20.7. The Kier molecular flexibility index (Phi) is 3.89. The highest BCUT2D eigenvalue weighted by Crippen LogP contribution is 2.60. The molecule has 0 radical (unpaired) electrons. The van der Waals surface area contributed by atoms with Crippen molar-refractivity contribution >= 4 is 11.7 Å². The zero-order valence-corrected chi connectivity index (χ0v) is 12.9. The second-order valence-electron chi connectivity index (χ2n) is 6.58. The van der Waals surface area contributed by atoms with Gasteiger partial charge in [0.15, 0.2) is 0 Å². The lowest BCUT2D eigenvalue weighted by Gasteiger charge is -2.16. The quantitative estimate of drug-likeness (QED) is 0.752. The summed E-state index contributed by atoms with van der Waals surface area (Å²) in [4.78, 5) is 12.0. The minimum atomic E-state index is -0.0867. The van der Waals surface area contributed by atoms with E-state index in [1.807, 2.05) is 31.3 Å². The molecule has 2 amide bonds. The van der Waals surface area contributed by atoms with E-state index in [-0.39, 0.29) is 6.03 Å². The summed E-state index contributed by atoms with van der Waals surface area (Å²) < 4.78 is 0. The van der Waals surface area contributed by atoms with Crippen LogP contribution < -0.4 is 16.0 Å². The number of anilines is 1. The molecule has 0 saturated heterocycles. The van der Waals surface area contributed by atoms with Gasteiger partial charge in [0.2, 0.25) is 0 Å². The minimum Gasteiger partial charge on any atom is -0.337 e. The zero-order chi connectivity index (χ0) is 14.9. The highest BCUT2D eigenvalue weighted by atomic mass is 16.2. The fraction of sp³-hybridized carbons (Fsp3) is 0.588. The maximum Gasteiger partial charge on any atom is 0.319 e. The zero-order valence-electron chi connectivity index (χ0n) is 12.9. The Morgan fingerprint density at radius 3 is 2.48 bits per heavy atom. The lowest BCUT2D eigenvalue weighted by atomic mass is 10.0. The van der Waals surface area contributed by atoms with E-state index in [1.165, 1.54) is 31.2 Å². The average Bonchev–Trinajstić information content (AvgIpc) is 3.38. The van der Waals surface area contributed by atoms with Crippen molar-refractivity contribution in [3.8, 4) is 0 Å². The number of hydrogen-bond donors (Lipinski definition) is 3. The summed E-state index contributed by atoms with van der Waals surface area (Å²) in [5, 5.41) is 9.16. The highest BCUT2D eigenvalue weighted by Gasteiger charge is 2.53. The van der Waals surface area contributed by atoms with Gasteiger partial charge in [0.05, 0.1) is 0 Å². The van der Waals surface area contributed by atoms with Crippen LogP contribution in [0.3, 0.4) is 0 Å². The van der Waals surface area contributed by atoms with Gasteiger partial charge in [-0.3, -0.25) is 0 Å². The number of hydrogen-bond acceptors (Lipinski definition) is 2. The van der Waals surface area contributed by atoms with Crippen LogP contribution in [-0.4, -0.2) is 19.6 Å². The standard InChI is InChI=1S/C17H25N3O/c1-12(18-2)13-3-7-15(8-4-13)20-16(21)19-11-17(9-10-17)14-5-6-14/h3-4,7-8,12,14,18H,5-6,9-11H2,1-2H3,(H2,19,20,21). The Morgan fingerprint density at radius 1 is 1.29 bits per heavy atom. The van der Waals surface area contributed by atoms with Crippen molar-refractivity contribution in [3.63, 3.8) is 0 Å².